The first-order valence-electron chi connectivity index (χ1n) is 7.54. The van der Waals surface area contributed by atoms with Gasteiger partial charge in [-0.2, -0.15) is 18.4 Å². The van der Waals surface area contributed by atoms with Crippen LogP contribution in [-0.2, 0) is 4.79 Å². The fourth-order valence-corrected chi connectivity index (χ4v) is 1.91. The molecule has 1 amide bonds. The van der Waals surface area contributed by atoms with Crippen molar-refractivity contribution in [1.82, 2.24) is 0 Å². The van der Waals surface area contributed by atoms with Gasteiger partial charge in [-0.1, -0.05) is 0 Å². The van der Waals surface area contributed by atoms with Gasteiger partial charge in [0.25, 0.3) is 5.91 Å². The summed E-state index contributed by atoms with van der Waals surface area (Å²) in [5.41, 5.74) is 0.868. The Morgan fingerprint density at radius 2 is 1.69 bits per heavy atom. The van der Waals surface area contributed by atoms with E-state index in [0.717, 1.165) is 0 Å². The third-order valence-electron chi connectivity index (χ3n) is 3.19. The highest BCUT2D eigenvalue weighted by Gasteiger charge is 2.28. The van der Waals surface area contributed by atoms with Gasteiger partial charge in [0, 0.05) is 5.69 Å². The van der Waals surface area contributed by atoms with E-state index in [1.165, 1.54) is 24.3 Å². The van der Waals surface area contributed by atoms with Gasteiger partial charge >= 0.3 is 6.18 Å². The molecule has 1 atom stereocenters. The van der Waals surface area contributed by atoms with Gasteiger partial charge in [0.1, 0.15) is 11.5 Å². The number of alkyl halides is 3. The van der Waals surface area contributed by atoms with Gasteiger partial charge in [-0.05, 0) is 55.5 Å². The zero-order valence-electron chi connectivity index (χ0n) is 13.7. The van der Waals surface area contributed by atoms with E-state index in [1.54, 1.807) is 31.2 Å². The fraction of sp³-hybridized carbons (Fsp3) is 0.222. The molecule has 0 spiro atoms. The number of ether oxygens (including phenoxy) is 2. The molecular formula is C18H15F3N2O3. The van der Waals surface area contributed by atoms with E-state index < -0.39 is 24.8 Å². The molecule has 0 aliphatic carbocycles. The summed E-state index contributed by atoms with van der Waals surface area (Å²) < 4.78 is 46.3. The Kier molecular flexibility index (Phi) is 6.07. The number of anilines is 1. The fourth-order valence-electron chi connectivity index (χ4n) is 1.91. The smallest absolute Gasteiger partial charge is 0.422 e. The van der Waals surface area contributed by atoms with E-state index in [2.05, 4.69) is 10.1 Å². The van der Waals surface area contributed by atoms with E-state index in [4.69, 9.17) is 10.00 Å². The van der Waals surface area contributed by atoms with Gasteiger partial charge < -0.3 is 14.8 Å². The number of hydrogen-bond acceptors (Lipinski definition) is 4. The number of rotatable bonds is 6. The summed E-state index contributed by atoms with van der Waals surface area (Å²) >= 11 is 0. The number of halogens is 3. The first-order valence-corrected chi connectivity index (χ1v) is 7.54. The van der Waals surface area contributed by atoms with Crippen molar-refractivity contribution in [3.05, 3.63) is 54.1 Å². The Morgan fingerprint density at radius 3 is 2.23 bits per heavy atom. The van der Waals surface area contributed by atoms with Gasteiger partial charge in [-0.25, -0.2) is 0 Å². The Morgan fingerprint density at radius 1 is 1.12 bits per heavy atom. The molecule has 2 rings (SSSR count). The van der Waals surface area contributed by atoms with Gasteiger partial charge in [-0.15, -0.1) is 0 Å². The van der Waals surface area contributed by atoms with Crippen LogP contribution in [0.4, 0.5) is 18.9 Å². The summed E-state index contributed by atoms with van der Waals surface area (Å²) in [5.74, 6) is 0.0445. The molecule has 0 bridgehead atoms. The first-order chi connectivity index (χ1) is 12.3. The maximum Gasteiger partial charge on any atom is 0.422 e. The average Bonchev–Trinajstić information content (AvgIpc) is 2.61. The molecule has 0 heterocycles. The van der Waals surface area contributed by atoms with Crippen LogP contribution >= 0.6 is 0 Å². The predicted molar refractivity (Wildman–Crippen MR) is 87.9 cm³/mol. The molecule has 136 valence electrons. The zero-order chi connectivity index (χ0) is 19.2. The third-order valence-corrected chi connectivity index (χ3v) is 3.19. The van der Waals surface area contributed by atoms with Gasteiger partial charge in [0.15, 0.2) is 12.7 Å². The second-order valence-electron chi connectivity index (χ2n) is 5.31. The minimum absolute atomic E-state index is 0.0437. The zero-order valence-corrected chi connectivity index (χ0v) is 13.7. The summed E-state index contributed by atoms with van der Waals surface area (Å²) in [7, 11) is 0. The highest BCUT2D eigenvalue weighted by Crippen LogP contribution is 2.20. The van der Waals surface area contributed by atoms with Crippen molar-refractivity contribution in [2.75, 3.05) is 11.9 Å². The molecule has 0 aliphatic heterocycles. The van der Waals surface area contributed by atoms with E-state index in [1.807, 2.05) is 6.07 Å². The lowest BCUT2D eigenvalue weighted by atomic mass is 10.2. The Bertz CT molecular complexity index is 781. The van der Waals surface area contributed by atoms with Crippen LogP contribution in [0.3, 0.4) is 0 Å². The van der Waals surface area contributed by atoms with Crippen molar-refractivity contribution in [2.24, 2.45) is 0 Å². The van der Waals surface area contributed by atoms with E-state index >= 15 is 0 Å². The van der Waals surface area contributed by atoms with Crippen LogP contribution < -0.4 is 14.8 Å². The summed E-state index contributed by atoms with van der Waals surface area (Å²) in [6, 6.07) is 13.8. The number of nitrogens with zero attached hydrogens (tertiary/aromatic N) is 1. The average molecular weight is 364 g/mol. The topological polar surface area (TPSA) is 71.3 Å². The number of nitriles is 1. The van der Waals surface area contributed by atoms with Crippen LogP contribution in [0.25, 0.3) is 0 Å². The SMILES string of the molecule is CC(Oc1ccc(C#N)cc1)C(=O)Nc1ccc(OCC(F)(F)F)cc1. The largest absolute Gasteiger partial charge is 0.484 e. The van der Waals surface area contributed by atoms with Crippen molar-refractivity contribution in [1.29, 1.82) is 5.26 Å². The van der Waals surface area contributed by atoms with Crippen LogP contribution in [0.2, 0.25) is 0 Å². The Balaban J connectivity index is 1.88. The lowest BCUT2D eigenvalue weighted by molar-refractivity contribution is -0.153. The number of carbonyl (C=O) groups excluding carboxylic acids is 1. The van der Waals surface area contributed by atoms with Gasteiger partial charge in [-0.3, -0.25) is 4.79 Å². The third kappa shape index (κ3) is 6.02. The molecule has 1 unspecified atom stereocenters. The number of amides is 1. The number of hydrogen-bond donors (Lipinski definition) is 1. The molecule has 2 aromatic carbocycles. The minimum atomic E-state index is -4.41. The molecule has 2 aromatic rings. The number of nitrogens with one attached hydrogen (secondary N) is 1. The summed E-state index contributed by atoms with van der Waals surface area (Å²) in [6.07, 6.45) is -5.23. The normalized spacial score (nSPS) is 12.0. The first kappa shape index (κ1) is 19.1. The van der Waals surface area contributed by atoms with E-state index in [0.29, 0.717) is 17.0 Å². The molecule has 1 N–H and O–H groups in total. The lowest BCUT2D eigenvalue weighted by Gasteiger charge is -2.15. The summed E-state index contributed by atoms with van der Waals surface area (Å²) in [4.78, 5) is 12.1. The molecule has 5 nitrogen and oxygen atoms in total. The van der Waals surface area contributed by atoms with Crippen LogP contribution in [0.5, 0.6) is 11.5 Å². The van der Waals surface area contributed by atoms with Gasteiger partial charge in [0.05, 0.1) is 11.6 Å². The Labute approximate surface area is 148 Å². The monoisotopic (exact) mass is 364 g/mol. The van der Waals surface area contributed by atoms with Crippen molar-refractivity contribution in [2.45, 2.75) is 19.2 Å². The highest BCUT2D eigenvalue weighted by atomic mass is 19.4. The lowest BCUT2D eigenvalue weighted by Crippen LogP contribution is -2.30. The molecule has 0 fully saturated rings. The number of benzene rings is 2. The van der Waals surface area contributed by atoms with E-state index in [-0.39, 0.29) is 5.75 Å². The second kappa shape index (κ2) is 8.25. The number of carbonyl (C=O) groups is 1. The molecule has 0 aliphatic rings. The van der Waals surface area contributed by atoms with Crippen LogP contribution in [-0.4, -0.2) is 24.8 Å². The van der Waals surface area contributed by atoms with Crippen molar-refractivity contribution >= 4 is 11.6 Å². The van der Waals surface area contributed by atoms with Crippen LogP contribution in [0.15, 0.2) is 48.5 Å². The van der Waals surface area contributed by atoms with Crippen molar-refractivity contribution < 1.29 is 27.4 Å². The maximum absolute atomic E-state index is 12.1. The van der Waals surface area contributed by atoms with Gasteiger partial charge in [0.2, 0.25) is 0 Å². The van der Waals surface area contributed by atoms with Crippen molar-refractivity contribution in [3.63, 3.8) is 0 Å². The Hall–Kier alpha value is -3.21. The van der Waals surface area contributed by atoms with Crippen LogP contribution in [0, 0.1) is 11.3 Å². The molecule has 0 aromatic heterocycles. The minimum Gasteiger partial charge on any atom is -0.484 e. The van der Waals surface area contributed by atoms with Crippen molar-refractivity contribution in [3.8, 4) is 17.6 Å². The quantitative estimate of drug-likeness (QED) is 0.844. The predicted octanol–water partition coefficient (Wildman–Crippen LogP) is 3.91. The van der Waals surface area contributed by atoms with Crippen LogP contribution in [0.1, 0.15) is 12.5 Å². The second-order valence-corrected chi connectivity index (χ2v) is 5.31. The molecular weight excluding hydrogens is 349 g/mol. The summed E-state index contributed by atoms with van der Waals surface area (Å²) in [6.45, 7) is 0.169. The molecule has 0 radical (unpaired) electrons. The standard InChI is InChI=1S/C18H15F3N2O3/c1-12(26-16-6-2-13(10-22)3-7-16)17(24)23-14-4-8-15(9-5-14)25-11-18(19,20)21/h2-9,12H,11H2,1H3,(H,23,24). The van der Waals surface area contributed by atoms with E-state index in [9.17, 15) is 18.0 Å². The molecule has 8 heteroatoms. The molecule has 26 heavy (non-hydrogen) atoms. The highest BCUT2D eigenvalue weighted by molar-refractivity contribution is 5.94. The molecule has 0 saturated heterocycles. The molecule has 0 saturated carbocycles. The summed E-state index contributed by atoms with van der Waals surface area (Å²) in [5, 5.41) is 11.3. The maximum atomic E-state index is 12.1.